The Kier molecular flexibility index (Phi) is 4.50. The van der Waals surface area contributed by atoms with E-state index in [2.05, 4.69) is 25.4 Å². The lowest BCUT2D eigenvalue weighted by atomic mass is 10.1. The minimum Gasteiger partial charge on any atom is -0.340 e. The van der Waals surface area contributed by atoms with E-state index >= 15 is 0 Å². The molecular weight excluding hydrogens is 343 g/mol. The molecule has 4 rings (SSSR count). The molecule has 1 aromatic carbocycles. The lowest BCUT2D eigenvalue weighted by Gasteiger charge is -2.34. The van der Waals surface area contributed by atoms with Crippen molar-refractivity contribution in [3.8, 4) is 0 Å². The van der Waals surface area contributed by atoms with Crippen LogP contribution in [-0.2, 0) is 6.54 Å². The molecule has 7 heteroatoms. The zero-order valence-corrected chi connectivity index (χ0v) is 15.1. The van der Waals surface area contributed by atoms with E-state index in [1.54, 1.807) is 12.3 Å². The zero-order chi connectivity index (χ0) is 19.0. The van der Waals surface area contributed by atoms with Crippen LogP contribution in [-0.4, -0.2) is 39.8 Å². The van der Waals surface area contributed by atoms with Gasteiger partial charge in [-0.2, -0.15) is 0 Å². The van der Waals surface area contributed by atoms with Crippen LogP contribution in [0.4, 0.5) is 16.0 Å². The number of hydrogen-bond donors (Lipinski definition) is 1. The molecule has 0 spiro atoms. The molecule has 1 saturated heterocycles. The molecule has 0 saturated carbocycles. The SMILES string of the molecule is [C-]#[N+]c1ccc(Cn2c(N3CC[C@@H](F)[C@H](N)C3)nc3ccc(C)cc32)nc1. The Morgan fingerprint density at radius 3 is 2.89 bits per heavy atom. The van der Waals surface area contributed by atoms with Gasteiger partial charge in [0.1, 0.15) is 6.17 Å². The van der Waals surface area contributed by atoms with Gasteiger partial charge in [0.05, 0.1) is 35.9 Å². The van der Waals surface area contributed by atoms with E-state index in [4.69, 9.17) is 17.3 Å². The van der Waals surface area contributed by atoms with Crippen LogP contribution >= 0.6 is 0 Å². The van der Waals surface area contributed by atoms with Crippen LogP contribution in [0.5, 0.6) is 0 Å². The third kappa shape index (κ3) is 3.36. The maximum Gasteiger partial charge on any atom is 0.206 e. The second-order valence-corrected chi connectivity index (χ2v) is 7.02. The number of aromatic nitrogens is 3. The summed E-state index contributed by atoms with van der Waals surface area (Å²) in [6, 6.07) is 9.25. The number of piperidine rings is 1. The molecule has 3 heterocycles. The largest absolute Gasteiger partial charge is 0.340 e. The Bertz CT molecular complexity index is 1000. The van der Waals surface area contributed by atoms with Gasteiger partial charge < -0.3 is 15.2 Å². The van der Waals surface area contributed by atoms with Gasteiger partial charge in [-0.05, 0) is 37.1 Å². The molecule has 3 aromatic rings. The first-order chi connectivity index (χ1) is 13.0. The number of hydrogen-bond acceptors (Lipinski definition) is 4. The van der Waals surface area contributed by atoms with E-state index in [-0.39, 0.29) is 0 Å². The standard InChI is InChI=1S/C20H21FN6/c1-13-3-6-18-19(9-13)27(11-15-5-4-14(23-2)10-24-15)20(25-18)26-8-7-16(21)17(22)12-26/h3-6,9-10,16-17H,7-8,11-12,22H2,1H3/t16-,17-/m1/s1. The number of pyridine rings is 1. The van der Waals surface area contributed by atoms with Gasteiger partial charge in [-0.1, -0.05) is 12.1 Å². The smallest absolute Gasteiger partial charge is 0.206 e. The number of benzene rings is 1. The molecule has 0 radical (unpaired) electrons. The Morgan fingerprint density at radius 1 is 1.33 bits per heavy atom. The van der Waals surface area contributed by atoms with Gasteiger partial charge in [-0.15, -0.1) is 0 Å². The molecule has 6 nitrogen and oxygen atoms in total. The summed E-state index contributed by atoms with van der Waals surface area (Å²) in [7, 11) is 0. The van der Waals surface area contributed by atoms with Crippen LogP contribution in [0.1, 0.15) is 17.7 Å². The highest BCUT2D eigenvalue weighted by Gasteiger charge is 2.29. The first-order valence-electron chi connectivity index (χ1n) is 8.99. The topological polar surface area (TPSA) is 64.3 Å². The molecule has 2 aromatic heterocycles. The average molecular weight is 364 g/mol. The molecule has 2 N–H and O–H groups in total. The molecule has 0 aliphatic carbocycles. The first-order valence-corrected chi connectivity index (χ1v) is 8.99. The third-order valence-corrected chi connectivity index (χ3v) is 5.00. The van der Waals surface area contributed by atoms with Gasteiger partial charge in [0, 0.05) is 19.3 Å². The molecule has 0 unspecified atom stereocenters. The van der Waals surface area contributed by atoms with E-state index in [1.807, 2.05) is 25.1 Å². The number of nitrogens with zero attached hydrogens (tertiary/aromatic N) is 5. The lowest BCUT2D eigenvalue weighted by Crippen LogP contribution is -2.50. The molecule has 1 fully saturated rings. The summed E-state index contributed by atoms with van der Waals surface area (Å²) in [5, 5.41) is 0. The van der Waals surface area contributed by atoms with Crippen molar-refractivity contribution in [3.63, 3.8) is 0 Å². The number of imidazole rings is 1. The fraction of sp³-hybridized carbons (Fsp3) is 0.350. The van der Waals surface area contributed by atoms with Gasteiger partial charge >= 0.3 is 0 Å². The fourth-order valence-electron chi connectivity index (χ4n) is 3.49. The van der Waals surface area contributed by atoms with Crippen molar-refractivity contribution in [2.24, 2.45) is 5.73 Å². The Hall–Kier alpha value is -2.98. The number of rotatable bonds is 3. The molecule has 27 heavy (non-hydrogen) atoms. The summed E-state index contributed by atoms with van der Waals surface area (Å²) in [6.07, 6.45) is 1.02. The van der Waals surface area contributed by atoms with Crippen molar-refractivity contribution >= 4 is 22.7 Å². The minimum absolute atomic E-state index is 0.404. The quantitative estimate of drug-likeness (QED) is 0.725. The molecule has 2 atom stereocenters. The van der Waals surface area contributed by atoms with Gasteiger partial charge in [-0.3, -0.25) is 4.98 Å². The monoisotopic (exact) mass is 364 g/mol. The minimum atomic E-state index is -0.968. The van der Waals surface area contributed by atoms with Crippen molar-refractivity contribution in [2.45, 2.75) is 32.1 Å². The molecule has 138 valence electrons. The van der Waals surface area contributed by atoms with E-state index in [1.165, 1.54) is 0 Å². The lowest BCUT2D eigenvalue weighted by molar-refractivity contribution is 0.243. The summed E-state index contributed by atoms with van der Waals surface area (Å²) < 4.78 is 15.9. The van der Waals surface area contributed by atoms with Gasteiger partial charge in [-0.25, -0.2) is 14.2 Å². The zero-order valence-electron chi connectivity index (χ0n) is 15.1. The second-order valence-electron chi connectivity index (χ2n) is 7.02. The maximum absolute atomic E-state index is 13.8. The predicted molar refractivity (Wildman–Crippen MR) is 104 cm³/mol. The number of fused-ring (bicyclic) bond motifs is 1. The van der Waals surface area contributed by atoms with E-state index in [0.717, 1.165) is 28.2 Å². The predicted octanol–water partition coefficient (Wildman–Crippen LogP) is 3.21. The summed E-state index contributed by atoms with van der Waals surface area (Å²) >= 11 is 0. The fourth-order valence-corrected chi connectivity index (χ4v) is 3.49. The van der Waals surface area contributed by atoms with Crippen molar-refractivity contribution in [2.75, 3.05) is 18.0 Å². The van der Waals surface area contributed by atoms with Crippen LogP contribution in [0, 0.1) is 13.5 Å². The van der Waals surface area contributed by atoms with Gasteiger partial charge in [0.15, 0.2) is 0 Å². The molecule has 0 bridgehead atoms. The molecule has 1 aliphatic heterocycles. The third-order valence-electron chi connectivity index (χ3n) is 5.00. The Morgan fingerprint density at radius 2 is 2.19 bits per heavy atom. The Labute approximate surface area is 157 Å². The van der Waals surface area contributed by atoms with Gasteiger partial charge in [0.25, 0.3) is 0 Å². The van der Waals surface area contributed by atoms with Crippen LogP contribution in [0.2, 0.25) is 0 Å². The highest BCUT2D eigenvalue weighted by Crippen LogP contribution is 2.27. The molecular formula is C20H21FN6. The summed E-state index contributed by atoms with van der Waals surface area (Å²) in [5.41, 5.74) is 10.4. The average Bonchev–Trinajstić information content (AvgIpc) is 3.02. The summed E-state index contributed by atoms with van der Waals surface area (Å²) in [6.45, 7) is 10.7. The van der Waals surface area contributed by atoms with Crippen LogP contribution in [0.3, 0.4) is 0 Å². The highest BCUT2D eigenvalue weighted by atomic mass is 19.1. The number of anilines is 1. The summed E-state index contributed by atoms with van der Waals surface area (Å²) in [5.74, 6) is 0.786. The van der Waals surface area contributed by atoms with Crippen LogP contribution in [0.25, 0.3) is 15.9 Å². The van der Waals surface area contributed by atoms with Crippen molar-refractivity contribution < 1.29 is 4.39 Å². The summed E-state index contributed by atoms with van der Waals surface area (Å²) in [4.78, 5) is 14.6. The maximum atomic E-state index is 13.8. The van der Waals surface area contributed by atoms with Crippen molar-refractivity contribution in [1.82, 2.24) is 14.5 Å². The number of alkyl halides is 1. The van der Waals surface area contributed by atoms with E-state index in [0.29, 0.717) is 31.7 Å². The molecule has 1 aliphatic rings. The second kappa shape index (κ2) is 6.97. The van der Waals surface area contributed by atoms with Gasteiger partial charge in [0.2, 0.25) is 11.6 Å². The number of halogens is 1. The van der Waals surface area contributed by atoms with E-state index < -0.39 is 12.2 Å². The van der Waals surface area contributed by atoms with Crippen LogP contribution < -0.4 is 10.6 Å². The highest BCUT2D eigenvalue weighted by molar-refractivity contribution is 5.80. The Balaban J connectivity index is 1.76. The number of nitrogens with two attached hydrogens (primary N) is 1. The van der Waals surface area contributed by atoms with Crippen molar-refractivity contribution in [1.29, 1.82) is 0 Å². The first kappa shape index (κ1) is 17.4. The van der Waals surface area contributed by atoms with Crippen molar-refractivity contribution in [3.05, 3.63) is 59.2 Å². The normalized spacial score (nSPS) is 20.0. The molecule has 0 amide bonds. The van der Waals surface area contributed by atoms with E-state index in [9.17, 15) is 4.39 Å². The van der Waals surface area contributed by atoms with Crippen LogP contribution in [0.15, 0.2) is 36.5 Å². The number of aryl methyl sites for hydroxylation is 1.